The SMILES string of the molecule is CC(C)c1cccnc1-c1ccnc(-n2c3ccccc3n3c4ccccc4nc23)c1. The minimum absolute atomic E-state index is 0.386. The summed E-state index contributed by atoms with van der Waals surface area (Å²) in [6.45, 7) is 4.39. The molecule has 31 heavy (non-hydrogen) atoms. The minimum atomic E-state index is 0.386. The maximum atomic E-state index is 4.95. The molecule has 6 rings (SSSR count). The minimum Gasteiger partial charge on any atom is -0.276 e. The second-order valence-electron chi connectivity index (χ2n) is 8.06. The standard InChI is InChI=1S/C26H21N5/c1-17(2)19-8-7-14-28-25(19)18-13-15-27-24(16-18)31-23-12-6-5-11-22(23)30-21-10-4-3-9-20(21)29-26(30)31/h3-17H,1-2H3. The molecule has 0 aliphatic carbocycles. The Morgan fingerprint density at radius 2 is 1.52 bits per heavy atom. The molecule has 0 N–H and O–H groups in total. The average Bonchev–Trinajstić information content (AvgIpc) is 3.33. The lowest BCUT2D eigenvalue weighted by Gasteiger charge is -2.12. The van der Waals surface area contributed by atoms with E-state index in [1.807, 2.05) is 36.7 Å². The molecule has 0 amide bonds. The lowest BCUT2D eigenvalue weighted by atomic mass is 9.98. The summed E-state index contributed by atoms with van der Waals surface area (Å²) in [7, 11) is 0. The Morgan fingerprint density at radius 1 is 0.742 bits per heavy atom. The molecule has 5 nitrogen and oxygen atoms in total. The number of hydrogen-bond donors (Lipinski definition) is 0. The van der Waals surface area contributed by atoms with E-state index in [0.29, 0.717) is 5.92 Å². The third-order valence-corrected chi connectivity index (χ3v) is 5.82. The van der Waals surface area contributed by atoms with Crippen molar-refractivity contribution in [2.24, 2.45) is 0 Å². The Hall–Kier alpha value is -3.99. The summed E-state index contributed by atoms with van der Waals surface area (Å²) in [5.74, 6) is 2.08. The number of benzene rings is 2. The molecule has 0 aliphatic heterocycles. The van der Waals surface area contributed by atoms with Crippen LogP contribution in [-0.4, -0.2) is 23.9 Å². The summed E-state index contributed by atoms with van der Waals surface area (Å²) in [5.41, 5.74) is 7.54. The van der Waals surface area contributed by atoms with Crippen LogP contribution in [0, 0.1) is 0 Å². The van der Waals surface area contributed by atoms with Gasteiger partial charge in [-0.25, -0.2) is 9.97 Å². The van der Waals surface area contributed by atoms with Crippen LogP contribution in [0.1, 0.15) is 25.3 Å². The van der Waals surface area contributed by atoms with E-state index in [9.17, 15) is 0 Å². The number of pyridine rings is 2. The van der Waals surface area contributed by atoms with Crippen molar-refractivity contribution in [2.45, 2.75) is 19.8 Å². The van der Waals surface area contributed by atoms with Gasteiger partial charge >= 0.3 is 0 Å². The van der Waals surface area contributed by atoms with Crippen molar-refractivity contribution in [1.29, 1.82) is 0 Å². The first kappa shape index (κ1) is 17.8. The highest BCUT2D eigenvalue weighted by Crippen LogP contribution is 2.31. The number of hydrogen-bond acceptors (Lipinski definition) is 3. The van der Waals surface area contributed by atoms with Gasteiger partial charge in [0.1, 0.15) is 5.82 Å². The normalized spacial score (nSPS) is 11.8. The Balaban J connectivity index is 1.66. The molecule has 0 spiro atoms. The van der Waals surface area contributed by atoms with Crippen LogP contribution in [0.25, 0.3) is 44.9 Å². The molecule has 0 saturated carbocycles. The molecule has 0 saturated heterocycles. The predicted octanol–water partition coefficient (Wildman–Crippen LogP) is 6.01. The van der Waals surface area contributed by atoms with Crippen LogP contribution in [-0.2, 0) is 0 Å². The van der Waals surface area contributed by atoms with E-state index in [-0.39, 0.29) is 0 Å². The molecule has 0 fully saturated rings. The van der Waals surface area contributed by atoms with Gasteiger partial charge in [-0.1, -0.05) is 44.2 Å². The highest BCUT2D eigenvalue weighted by molar-refractivity contribution is 5.91. The van der Waals surface area contributed by atoms with Gasteiger partial charge in [-0.3, -0.25) is 14.0 Å². The molecule has 0 aliphatic rings. The Morgan fingerprint density at radius 3 is 2.35 bits per heavy atom. The molecule has 4 heterocycles. The largest absolute Gasteiger partial charge is 0.276 e. The number of para-hydroxylation sites is 4. The molecule has 4 aromatic heterocycles. The average molecular weight is 403 g/mol. The third-order valence-electron chi connectivity index (χ3n) is 5.82. The summed E-state index contributed by atoms with van der Waals surface area (Å²) in [4.78, 5) is 14.4. The fourth-order valence-electron chi connectivity index (χ4n) is 4.39. The third kappa shape index (κ3) is 2.66. The van der Waals surface area contributed by atoms with Crippen LogP contribution >= 0.6 is 0 Å². The maximum absolute atomic E-state index is 4.95. The van der Waals surface area contributed by atoms with Gasteiger partial charge < -0.3 is 0 Å². The van der Waals surface area contributed by atoms with Gasteiger partial charge in [0.2, 0.25) is 5.78 Å². The summed E-state index contributed by atoms with van der Waals surface area (Å²) < 4.78 is 4.34. The van der Waals surface area contributed by atoms with Crippen LogP contribution in [0.15, 0.2) is 85.2 Å². The number of nitrogens with zero attached hydrogens (tertiary/aromatic N) is 5. The van der Waals surface area contributed by atoms with Crippen molar-refractivity contribution < 1.29 is 0 Å². The van der Waals surface area contributed by atoms with Gasteiger partial charge in [-0.2, -0.15) is 0 Å². The van der Waals surface area contributed by atoms with Gasteiger partial charge in [-0.05, 0) is 53.9 Å². The predicted molar refractivity (Wildman–Crippen MR) is 125 cm³/mol. The highest BCUT2D eigenvalue weighted by Gasteiger charge is 2.18. The van der Waals surface area contributed by atoms with E-state index in [4.69, 9.17) is 15.0 Å². The van der Waals surface area contributed by atoms with Crippen molar-refractivity contribution in [3.8, 4) is 17.1 Å². The summed E-state index contributed by atoms with van der Waals surface area (Å²) in [6.07, 6.45) is 3.71. The summed E-state index contributed by atoms with van der Waals surface area (Å²) in [5, 5.41) is 0. The van der Waals surface area contributed by atoms with E-state index in [0.717, 1.165) is 44.9 Å². The lowest BCUT2D eigenvalue weighted by molar-refractivity contribution is 0.861. The number of imidazole rings is 2. The van der Waals surface area contributed by atoms with E-state index in [2.05, 4.69) is 71.3 Å². The first-order chi connectivity index (χ1) is 15.2. The van der Waals surface area contributed by atoms with Gasteiger partial charge in [0, 0.05) is 18.0 Å². The summed E-state index contributed by atoms with van der Waals surface area (Å²) >= 11 is 0. The molecular weight excluding hydrogens is 382 g/mol. The van der Waals surface area contributed by atoms with Gasteiger partial charge in [0.05, 0.1) is 27.8 Å². The quantitative estimate of drug-likeness (QED) is 0.363. The van der Waals surface area contributed by atoms with Crippen molar-refractivity contribution in [1.82, 2.24) is 23.9 Å². The van der Waals surface area contributed by atoms with Crippen LogP contribution < -0.4 is 0 Å². The maximum Gasteiger partial charge on any atom is 0.221 e. The molecule has 0 bridgehead atoms. The second-order valence-corrected chi connectivity index (χ2v) is 8.06. The topological polar surface area (TPSA) is 48.0 Å². The van der Waals surface area contributed by atoms with Gasteiger partial charge in [0.15, 0.2) is 0 Å². The zero-order chi connectivity index (χ0) is 20.9. The molecular formula is C26H21N5. The van der Waals surface area contributed by atoms with Gasteiger partial charge in [0.25, 0.3) is 0 Å². The fourth-order valence-corrected chi connectivity index (χ4v) is 4.39. The molecule has 6 aromatic rings. The summed E-state index contributed by atoms with van der Waals surface area (Å²) in [6, 6.07) is 24.9. The van der Waals surface area contributed by atoms with Crippen LogP contribution in [0.3, 0.4) is 0 Å². The van der Waals surface area contributed by atoms with E-state index >= 15 is 0 Å². The molecule has 150 valence electrons. The fraction of sp³-hybridized carbons (Fsp3) is 0.115. The van der Waals surface area contributed by atoms with Crippen molar-refractivity contribution in [3.05, 3.63) is 90.8 Å². The highest BCUT2D eigenvalue weighted by atomic mass is 15.2. The first-order valence-corrected chi connectivity index (χ1v) is 10.5. The van der Waals surface area contributed by atoms with Crippen LogP contribution in [0.4, 0.5) is 0 Å². The molecule has 2 aromatic carbocycles. The lowest BCUT2D eigenvalue weighted by Crippen LogP contribution is -2.00. The van der Waals surface area contributed by atoms with Crippen LogP contribution in [0.5, 0.6) is 0 Å². The Bertz CT molecular complexity index is 1570. The van der Waals surface area contributed by atoms with E-state index < -0.39 is 0 Å². The van der Waals surface area contributed by atoms with Crippen molar-refractivity contribution in [3.63, 3.8) is 0 Å². The van der Waals surface area contributed by atoms with Gasteiger partial charge in [-0.15, -0.1) is 0 Å². The molecule has 5 heteroatoms. The smallest absolute Gasteiger partial charge is 0.221 e. The van der Waals surface area contributed by atoms with E-state index in [1.54, 1.807) is 0 Å². The number of aromatic nitrogens is 5. The Kier molecular flexibility index (Phi) is 3.90. The first-order valence-electron chi connectivity index (χ1n) is 10.5. The van der Waals surface area contributed by atoms with Crippen molar-refractivity contribution in [2.75, 3.05) is 0 Å². The molecule has 0 atom stereocenters. The second kappa shape index (κ2) is 6.77. The van der Waals surface area contributed by atoms with Crippen molar-refractivity contribution >= 4 is 27.8 Å². The van der Waals surface area contributed by atoms with Crippen LogP contribution in [0.2, 0.25) is 0 Å². The van der Waals surface area contributed by atoms with E-state index in [1.165, 1.54) is 5.56 Å². The molecule has 0 unspecified atom stereocenters. The number of rotatable bonds is 3. The molecule has 0 radical (unpaired) electrons. The number of fused-ring (bicyclic) bond motifs is 5. The zero-order valence-electron chi connectivity index (χ0n) is 17.4. The monoisotopic (exact) mass is 403 g/mol. The Labute approximate surface area is 179 Å². The zero-order valence-corrected chi connectivity index (χ0v) is 17.4.